The smallest absolute Gasteiger partial charge is 0.335 e. The Hall–Kier alpha value is -4.77. The van der Waals surface area contributed by atoms with E-state index in [1.165, 1.54) is 0 Å². The summed E-state index contributed by atoms with van der Waals surface area (Å²) in [7, 11) is 0. The van der Waals surface area contributed by atoms with Crippen molar-refractivity contribution >= 4 is 35.3 Å². The third-order valence-electron chi connectivity index (χ3n) is 8.56. The lowest BCUT2D eigenvalue weighted by Gasteiger charge is -2.26. The van der Waals surface area contributed by atoms with Gasteiger partial charge in [-0.25, -0.2) is 4.79 Å². The minimum atomic E-state index is -0.707. The molecule has 1 fully saturated rings. The second kappa shape index (κ2) is 28.6. The van der Waals surface area contributed by atoms with Crippen molar-refractivity contribution in [2.24, 2.45) is 0 Å². The molecule has 2 heterocycles. The third kappa shape index (κ3) is 18.8. The number of fused-ring (bicyclic) bond motifs is 2. The lowest BCUT2D eigenvalue weighted by molar-refractivity contribution is -0.198. The van der Waals surface area contributed by atoms with Crippen molar-refractivity contribution in [3.8, 4) is 11.8 Å². The number of nitrogens with zero attached hydrogens (tertiary/aromatic N) is 2. The maximum atomic E-state index is 13.3. The molecule has 324 valence electrons. The average Bonchev–Trinajstić information content (AvgIpc) is 3.55. The second-order valence-corrected chi connectivity index (χ2v) is 12.9. The van der Waals surface area contributed by atoms with Gasteiger partial charge in [0.05, 0.1) is 124 Å². The van der Waals surface area contributed by atoms with Gasteiger partial charge in [0.15, 0.2) is 0 Å². The Morgan fingerprint density at radius 1 is 0.559 bits per heavy atom. The summed E-state index contributed by atoms with van der Waals surface area (Å²) >= 11 is 0. The lowest BCUT2D eigenvalue weighted by Crippen LogP contribution is -2.34. The first-order valence-electron chi connectivity index (χ1n) is 19.9. The van der Waals surface area contributed by atoms with Crippen LogP contribution in [0.2, 0.25) is 0 Å². The standard InChI is InChI=1S/C42H55N3O14.H2/c46-38(11-12-39(47)44-33-36-7-2-1-5-34(36)9-10-35-6-3-4-8-37(35)44)43-16-18-52-20-22-54-24-26-56-28-30-58-32-31-57-29-27-55-25-23-53-21-19-51-17-15-42(50)59-45-40(48)13-14-41(45)49;/h1-8H,11-33H2,(H,43,46);1H. The fourth-order valence-corrected chi connectivity index (χ4v) is 5.52. The van der Waals surface area contributed by atoms with E-state index in [1.54, 1.807) is 4.90 Å². The van der Waals surface area contributed by atoms with E-state index in [1.807, 2.05) is 48.5 Å². The quantitative estimate of drug-likeness (QED) is 0.0663. The molecule has 0 atom stereocenters. The van der Waals surface area contributed by atoms with E-state index >= 15 is 0 Å². The number of carbonyl (C=O) groups is 5. The van der Waals surface area contributed by atoms with E-state index in [0.29, 0.717) is 111 Å². The number of imide groups is 1. The van der Waals surface area contributed by atoms with E-state index in [4.69, 9.17) is 42.7 Å². The molecule has 2 aliphatic rings. The topological polar surface area (TPSA) is 187 Å². The van der Waals surface area contributed by atoms with E-state index < -0.39 is 17.8 Å². The molecule has 1 saturated heterocycles. The summed E-state index contributed by atoms with van der Waals surface area (Å²) in [6.45, 7) is 6.71. The van der Waals surface area contributed by atoms with Crippen LogP contribution < -0.4 is 10.2 Å². The van der Waals surface area contributed by atoms with Gasteiger partial charge in [-0.1, -0.05) is 42.2 Å². The summed E-state index contributed by atoms with van der Waals surface area (Å²) in [5.41, 5.74) is 3.37. The van der Waals surface area contributed by atoms with Crippen LogP contribution in [0.1, 0.15) is 50.2 Å². The minimum Gasteiger partial charge on any atom is -0.378 e. The first-order chi connectivity index (χ1) is 28.9. The van der Waals surface area contributed by atoms with Gasteiger partial charge in [-0.05, 0) is 23.8 Å². The molecule has 1 N–H and O–H groups in total. The summed E-state index contributed by atoms with van der Waals surface area (Å²) in [5, 5.41) is 3.32. The number of carbonyl (C=O) groups excluding carboxylic acids is 5. The Bertz CT molecular complexity index is 1670. The maximum Gasteiger partial charge on any atom is 0.335 e. The van der Waals surface area contributed by atoms with Gasteiger partial charge < -0.3 is 52.9 Å². The molecule has 0 bridgehead atoms. The van der Waals surface area contributed by atoms with Gasteiger partial charge in [0.2, 0.25) is 11.8 Å². The number of para-hydroxylation sites is 1. The van der Waals surface area contributed by atoms with Crippen LogP contribution in [0.25, 0.3) is 0 Å². The number of hydrogen-bond donors (Lipinski definition) is 1. The number of anilines is 1. The van der Waals surface area contributed by atoms with Crippen molar-refractivity contribution in [1.29, 1.82) is 0 Å². The lowest BCUT2D eigenvalue weighted by atomic mass is 10.0. The molecule has 0 radical (unpaired) electrons. The molecule has 2 aromatic rings. The van der Waals surface area contributed by atoms with Crippen LogP contribution >= 0.6 is 0 Å². The Morgan fingerprint density at radius 3 is 1.58 bits per heavy atom. The number of hydroxylamine groups is 2. The predicted octanol–water partition coefficient (Wildman–Crippen LogP) is 2.21. The van der Waals surface area contributed by atoms with Crippen LogP contribution in [0.5, 0.6) is 0 Å². The fourth-order valence-electron chi connectivity index (χ4n) is 5.52. The fraction of sp³-hybridized carbons (Fsp3) is 0.548. The highest BCUT2D eigenvalue weighted by atomic mass is 16.7. The molecule has 17 nitrogen and oxygen atoms in total. The van der Waals surface area contributed by atoms with E-state index in [9.17, 15) is 24.0 Å². The molecule has 2 aromatic carbocycles. The number of ether oxygens (including phenoxy) is 8. The molecular formula is C42H57N3O14. The largest absolute Gasteiger partial charge is 0.378 e. The van der Waals surface area contributed by atoms with Crippen LogP contribution in [-0.2, 0) is 73.2 Å². The number of rotatable bonds is 31. The summed E-state index contributed by atoms with van der Waals surface area (Å²) in [6, 6.07) is 15.3. The van der Waals surface area contributed by atoms with Crippen LogP contribution in [0.4, 0.5) is 5.69 Å². The van der Waals surface area contributed by atoms with Crippen LogP contribution in [-0.4, -0.2) is 147 Å². The van der Waals surface area contributed by atoms with Gasteiger partial charge in [-0.2, -0.15) is 0 Å². The second-order valence-electron chi connectivity index (χ2n) is 12.9. The summed E-state index contributed by atoms with van der Waals surface area (Å²) in [5.74, 6) is 4.29. The van der Waals surface area contributed by atoms with Crippen molar-refractivity contribution in [3.05, 3.63) is 65.2 Å². The van der Waals surface area contributed by atoms with Crippen molar-refractivity contribution in [3.63, 3.8) is 0 Å². The van der Waals surface area contributed by atoms with Crippen molar-refractivity contribution in [1.82, 2.24) is 10.4 Å². The first kappa shape index (κ1) is 46.9. The Morgan fingerprint density at radius 2 is 1.02 bits per heavy atom. The van der Waals surface area contributed by atoms with Crippen molar-refractivity contribution in [2.45, 2.75) is 38.6 Å². The van der Waals surface area contributed by atoms with E-state index in [2.05, 4.69) is 17.2 Å². The summed E-state index contributed by atoms with van der Waals surface area (Å²) in [4.78, 5) is 66.7. The van der Waals surface area contributed by atoms with Gasteiger partial charge in [0, 0.05) is 44.8 Å². The predicted molar refractivity (Wildman–Crippen MR) is 213 cm³/mol. The number of amides is 4. The van der Waals surface area contributed by atoms with Crippen LogP contribution in [0.15, 0.2) is 48.5 Å². The van der Waals surface area contributed by atoms with E-state index in [-0.39, 0.29) is 58.6 Å². The Balaban J connectivity index is 0.00000961. The molecule has 0 unspecified atom stereocenters. The summed E-state index contributed by atoms with van der Waals surface area (Å²) in [6.07, 6.45) is 0.171. The van der Waals surface area contributed by atoms with Crippen LogP contribution in [0.3, 0.4) is 0 Å². The average molecular weight is 828 g/mol. The van der Waals surface area contributed by atoms with Gasteiger partial charge in [-0.15, -0.1) is 5.06 Å². The van der Waals surface area contributed by atoms with Gasteiger partial charge >= 0.3 is 5.97 Å². The SMILES string of the molecule is O=C(CCC(=O)N1Cc2ccccc2C#Cc2ccccc21)NCCOCCOCCOCCOCCOCCOCCOCCOCCC(=O)ON1C(=O)CCC1=O.[HH]. The van der Waals surface area contributed by atoms with Crippen molar-refractivity contribution < 1.29 is 68.1 Å². The molecule has 2 aliphatic heterocycles. The molecule has 0 aliphatic carbocycles. The summed E-state index contributed by atoms with van der Waals surface area (Å²) < 4.78 is 43.6. The highest BCUT2D eigenvalue weighted by Gasteiger charge is 2.32. The van der Waals surface area contributed by atoms with Gasteiger partial charge in [0.1, 0.15) is 0 Å². The highest BCUT2D eigenvalue weighted by molar-refractivity contribution is 6.01. The monoisotopic (exact) mass is 827 g/mol. The van der Waals surface area contributed by atoms with Gasteiger partial charge in [0.25, 0.3) is 11.8 Å². The molecule has 4 amide bonds. The van der Waals surface area contributed by atoms with Crippen molar-refractivity contribution in [2.75, 3.05) is 117 Å². The van der Waals surface area contributed by atoms with Crippen LogP contribution in [0, 0.1) is 11.8 Å². The molecule has 59 heavy (non-hydrogen) atoms. The van der Waals surface area contributed by atoms with E-state index in [0.717, 1.165) is 22.4 Å². The molecular weight excluding hydrogens is 770 g/mol. The number of nitrogens with one attached hydrogen (secondary N) is 1. The molecule has 0 saturated carbocycles. The normalized spacial score (nSPS) is 13.3. The zero-order chi connectivity index (χ0) is 41.8. The molecule has 4 rings (SSSR count). The number of benzene rings is 2. The minimum absolute atomic E-state index is 0. The number of hydrogen-bond acceptors (Lipinski definition) is 14. The first-order valence-corrected chi connectivity index (χ1v) is 19.9. The van der Waals surface area contributed by atoms with Gasteiger partial charge in [-0.3, -0.25) is 19.2 Å². The zero-order valence-corrected chi connectivity index (χ0v) is 33.5. The zero-order valence-electron chi connectivity index (χ0n) is 33.5. The highest BCUT2D eigenvalue weighted by Crippen LogP contribution is 2.26. The third-order valence-corrected chi connectivity index (χ3v) is 8.56. The Labute approximate surface area is 346 Å². The molecule has 0 spiro atoms. The molecule has 0 aromatic heterocycles. The Kier molecular flexibility index (Phi) is 22.8. The maximum absolute atomic E-state index is 13.3. The molecule has 17 heteroatoms.